The van der Waals surface area contributed by atoms with Crippen molar-refractivity contribution in [3.05, 3.63) is 28.5 Å². The maximum absolute atomic E-state index is 11.8. The number of carbonyl (C=O) groups is 1. The molecule has 0 saturated carbocycles. The van der Waals surface area contributed by atoms with Crippen LogP contribution in [0, 0.1) is 0 Å². The van der Waals surface area contributed by atoms with Crippen molar-refractivity contribution in [1.82, 2.24) is 10.3 Å². The molecule has 2 rings (SSSR count). The number of nitrogens with one attached hydrogen (secondary N) is 1. The lowest BCUT2D eigenvalue weighted by Gasteiger charge is -2.22. The summed E-state index contributed by atoms with van der Waals surface area (Å²) in [7, 11) is 0. The third kappa shape index (κ3) is 3.02. The summed E-state index contributed by atoms with van der Waals surface area (Å²) < 4.78 is 5.96. The van der Waals surface area contributed by atoms with Gasteiger partial charge in [0.15, 0.2) is 0 Å². The number of hydrogen-bond donors (Lipinski definition) is 1. The number of pyridine rings is 1. The Hall–Kier alpha value is -0.940. The van der Waals surface area contributed by atoms with Crippen molar-refractivity contribution < 1.29 is 9.53 Å². The van der Waals surface area contributed by atoms with E-state index in [-0.39, 0.29) is 11.9 Å². The fraction of sp³-hybridized carbons (Fsp3) is 0.455. The molecular formula is C11H13BrN2O2. The molecule has 0 aliphatic carbocycles. The first-order chi connectivity index (χ1) is 7.75. The van der Waals surface area contributed by atoms with Crippen LogP contribution in [0.25, 0.3) is 0 Å². The van der Waals surface area contributed by atoms with Gasteiger partial charge in [-0.15, -0.1) is 0 Å². The van der Waals surface area contributed by atoms with Crippen molar-refractivity contribution in [3.8, 4) is 0 Å². The van der Waals surface area contributed by atoms with Crippen LogP contribution in [-0.2, 0) is 4.74 Å². The molecule has 16 heavy (non-hydrogen) atoms. The first kappa shape index (κ1) is 11.5. The first-order valence-corrected chi connectivity index (χ1v) is 6.06. The molecule has 0 radical (unpaired) electrons. The second-order valence-corrected chi connectivity index (χ2v) is 4.55. The predicted molar refractivity (Wildman–Crippen MR) is 63.2 cm³/mol. The van der Waals surface area contributed by atoms with Gasteiger partial charge in [0.05, 0.1) is 12.6 Å². The van der Waals surface area contributed by atoms with E-state index < -0.39 is 0 Å². The van der Waals surface area contributed by atoms with Crippen molar-refractivity contribution in [2.75, 3.05) is 13.2 Å². The minimum Gasteiger partial charge on any atom is -0.379 e. The van der Waals surface area contributed by atoms with Gasteiger partial charge in [0.25, 0.3) is 5.91 Å². The monoisotopic (exact) mass is 284 g/mol. The zero-order chi connectivity index (χ0) is 11.4. The van der Waals surface area contributed by atoms with Crippen molar-refractivity contribution in [2.24, 2.45) is 0 Å². The molecule has 0 bridgehead atoms. The molecule has 1 amide bonds. The SMILES string of the molecule is O=C(NC1CCCOC1)c1cccc(Br)n1. The van der Waals surface area contributed by atoms with Crippen LogP contribution in [0.1, 0.15) is 23.3 Å². The van der Waals surface area contributed by atoms with E-state index >= 15 is 0 Å². The minimum atomic E-state index is -0.142. The van der Waals surface area contributed by atoms with Crippen LogP contribution in [0.2, 0.25) is 0 Å². The quantitative estimate of drug-likeness (QED) is 0.842. The Labute approximate surface area is 103 Å². The molecular weight excluding hydrogens is 272 g/mol. The molecule has 5 heteroatoms. The number of carbonyl (C=O) groups excluding carboxylic acids is 1. The van der Waals surface area contributed by atoms with E-state index in [1.807, 2.05) is 0 Å². The van der Waals surface area contributed by atoms with Gasteiger partial charge in [-0.05, 0) is 40.9 Å². The van der Waals surface area contributed by atoms with Crippen molar-refractivity contribution in [3.63, 3.8) is 0 Å². The summed E-state index contributed by atoms with van der Waals surface area (Å²) in [6.07, 6.45) is 1.97. The van der Waals surface area contributed by atoms with E-state index in [0.717, 1.165) is 19.4 Å². The van der Waals surface area contributed by atoms with Gasteiger partial charge in [-0.25, -0.2) is 4.98 Å². The summed E-state index contributed by atoms with van der Waals surface area (Å²) in [4.78, 5) is 15.9. The van der Waals surface area contributed by atoms with Crippen LogP contribution in [0.5, 0.6) is 0 Å². The van der Waals surface area contributed by atoms with E-state index in [9.17, 15) is 4.79 Å². The molecule has 1 aromatic rings. The topological polar surface area (TPSA) is 51.2 Å². The normalized spacial score (nSPS) is 20.4. The van der Waals surface area contributed by atoms with Crippen molar-refractivity contribution >= 4 is 21.8 Å². The maximum Gasteiger partial charge on any atom is 0.270 e. The lowest BCUT2D eigenvalue weighted by molar-refractivity contribution is 0.0622. The number of rotatable bonds is 2. The summed E-state index contributed by atoms with van der Waals surface area (Å²) in [6, 6.07) is 5.40. The fourth-order valence-corrected chi connectivity index (χ4v) is 1.99. The third-order valence-electron chi connectivity index (χ3n) is 2.44. The summed E-state index contributed by atoms with van der Waals surface area (Å²) in [6.45, 7) is 1.39. The highest BCUT2D eigenvalue weighted by Gasteiger charge is 2.17. The summed E-state index contributed by atoms with van der Waals surface area (Å²) in [5.74, 6) is -0.142. The Morgan fingerprint density at radius 2 is 2.44 bits per heavy atom. The molecule has 1 N–H and O–H groups in total. The Balaban J connectivity index is 1.97. The number of halogens is 1. The average molecular weight is 285 g/mol. The zero-order valence-corrected chi connectivity index (χ0v) is 10.4. The van der Waals surface area contributed by atoms with Crippen LogP contribution in [-0.4, -0.2) is 30.1 Å². The number of nitrogens with zero attached hydrogens (tertiary/aromatic N) is 1. The maximum atomic E-state index is 11.8. The summed E-state index contributed by atoms with van der Waals surface area (Å²) in [5.41, 5.74) is 0.431. The van der Waals surface area contributed by atoms with E-state index in [0.29, 0.717) is 16.9 Å². The van der Waals surface area contributed by atoms with E-state index in [1.54, 1.807) is 18.2 Å². The molecule has 1 unspecified atom stereocenters. The lowest BCUT2D eigenvalue weighted by atomic mass is 10.1. The van der Waals surface area contributed by atoms with Crippen molar-refractivity contribution in [1.29, 1.82) is 0 Å². The molecule has 1 aromatic heterocycles. The van der Waals surface area contributed by atoms with Gasteiger partial charge < -0.3 is 10.1 Å². The van der Waals surface area contributed by atoms with E-state index in [2.05, 4.69) is 26.2 Å². The average Bonchev–Trinajstić information content (AvgIpc) is 2.30. The third-order valence-corrected chi connectivity index (χ3v) is 2.88. The van der Waals surface area contributed by atoms with Gasteiger partial charge in [-0.3, -0.25) is 4.79 Å². The standard InChI is InChI=1S/C11H13BrN2O2/c12-10-5-1-4-9(14-10)11(15)13-8-3-2-6-16-7-8/h1,4-5,8H,2-3,6-7H2,(H,13,15). The zero-order valence-electron chi connectivity index (χ0n) is 8.78. The highest BCUT2D eigenvalue weighted by molar-refractivity contribution is 9.10. The second kappa shape index (κ2) is 5.41. The highest BCUT2D eigenvalue weighted by Crippen LogP contribution is 2.09. The van der Waals surface area contributed by atoms with E-state index in [4.69, 9.17) is 4.74 Å². The van der Waals surface area contributed by atoms with Gasteiger partial charge in [-0.1, -0.05) is 6.07 Å². The fourth-order valence-electron chi connectivity index (χ4n) is 1.65. The van der Waals surface area contributed by atoms with Crippen LogP contribution >= 0.6 is 15.9 Å². The molecule has 2 heterocycles. The van der Waals surface area contributed by atoms with Crippen LogP contribution in [0.4, 0.5) is 0 Å². The number of hydrogen-bond acceptors (Lipinski definition) is 3. The minimum absolute atomic E-state index is 0.113. The Kier molecular flexibility index (Phi) is 3.90. The van der Waals surface area contributed by atoms with Crippen LogP contribution in [0.15, 0.2) is 22.8 Å². The summed E-state index contributed by atoms with van der Waals surface area (Å²) >= 11 is 3.24. The predicted octanol–water partition coefficient (Wildman–Crippen LogP) is 1.75. The molecule has 1 fully saturated rings. The molecule has 0 spiro atoms. The molecule has 1 aliphatic rings. The van der Waals surface area contributed by atoms with E-state index in [1.165, 1.54) is 0 Å². The highest BCUT2D eigenvalue weighted by atomic mass is 79.9. The molecule has 4 nitrogen and oxygen atoms in total. The number of amides is 1. The second-order valence-electron chi connectivity index (χ2n) is 3.73. The Bertz CT molecular complexity index is 378. The van der Waals surface area contributed by atoms with Crippen LogP contribution in [0.3, 0.4) is 0 Å². The van der Waals surface area contributed by atoms with Gasteiger partial charge in [0.1, 0.15) is 10.3 Å². The van der Waals surface area contributed by atoms with Crippen molar-refractivity contribution in [2.45, 2.75) is 18.9 Å². The number of aromatic nitrogens is 1. The van der Waals surface area contributed by atoms with Gasteiger partial charge in [0.2, 0.25) is 0 Å². The molecule has 1 aliphatic heterocycles. The molecule has 86 valence electrons. The Morgan fingerprint density at radius 1 is 1.56 bits per heavy atom. The Morgan fingerprint density at radius 3 is 3.12 bits per heavy atom. The first-order valence-electron chi connectivity index (χ1n) is 5.27. The molecule has 1 atom stereocenters. The molecule has 1 saturated heterocycles. The lowest BCUT2D eigenvalue weighted by Crippen LogP contribution is -2.40. The smallest absolute Gasteiger partial charge is 0.270 e. The number of ether oxygens (including phenoxy) is 1. The van der Waals surface area contributed by atoms with Gasteiger partial charge >= 0.3 is 0 Å². The largest absolute Gasteiger partial charge is 0.379 e. The van der Waals surface area contributed by atoms with Gasteiger partial charge in [-0.2, -0.15) is 0 Å². The van der Waals surface area contributed by atoms with Gasteiger partial charge in [0, 0.05) is 6.61 Å². The molecule has 0 aromatic carbocycles. The van der Waals surface area contributed by atoms with Crippen LogP contribution < -0.4 is 5.32 Å². The summed E-state index contributed by atoms with van der Waals surface area (Å²) in [5, 5.41) is 2.92.